The number of hydrogen-bond acceptors (Lipinski definition) is 2. The highest BCUT2D eigenvalue weighted by atomic mass is 16.1. The number of benzene rings is 1. The van der Waals surface area contributed by atoms with Crippen LogP contribution in [0.15, 0.2) is 41.2 Å². The Labute approximate surface area is 98.0 Å². The summed E-state index contributed by atoms with van der Waals surface area (Å²) >= 11 is 0. The van der Waals surface area contributed by atoms with E-state index >= 15 is 0 Å². The predicted octanol–water partition coefficient (Wildman–Crippen LogP) is 1.91. The van der Waals surface area contributed by atoms with Gasteiger partial charge >= 0.3 is 5.69 Å². The Morgan fingerprint density at radius 1 is 1.18 bits per heavy atom. The minimum Gasteiger partial charge on any atom is -0.310 e. The first-order valence-corrected chi connectivity index (χ1v) is 5.23. The molecule has 0 fully saturated rings. The van der Waals surface area contributed by atoms with Crippen LogP contribution >= 0.6 is 0 Å². The zero-order valence-corrected chi connectivity index (χ0v) is 9.36. The Bertz CT molecular complexity index is 606. The van der Waals surface area contributed by atoms with Crippen molar-refractivity contribution in [3.63, 3.8) is 0 Å². The van der Waals surface area contributed by atoms with E-state index in [0.717, 1.165) is 0 Å². The van der Waals surface area contributed by atoms with Gasteiger partial charge in [0.15, 0.2) is 5.78 Å². The first kappa shape index (κ1) is 11.1. The molecule has 0 aliphatic heterocycles. The lowest BCUT2D eigenvalue weighted by atomic mass is 10.1. The smallest absolute Gasteiger partial charge is 0.310 e. The molecule has 0 radical (unpaired) electrons. The molecule has 0 aliphatic rings. The van der Waals surface area contributed by atoms with Crippen LogP contribution in [-0.2, 0) is 0 Å². The number of imidazole rings is 1. The quantitative estimate of drug-likeness (QED) is 0.622. The third-order valence-electron chi connectivity index (χ3n) is 2.41. The summed E-state index contributed by atoms with van der Waals surface area (Å²) in [7, 11) is 0. The van der Waals surface area contributed by atoms with Crippen LogP contribution in [0.1, 0.15) is 21.7 Å². The fraction of sp³-hybridized carbons (Fsp3) is 0.0769. The number of carbonyl (C=O) groups excluding carboxylic acids is 1. The summed E-state index contributed by atoms with van der Waals surface area (Å²) in [5.41, 5.74) is 1.69. The summed E-state index contributed by atoms with van der Waals surface area (Å²) in [6.07, 6.45) is 3.05. The van der Waals surface area contributed by atoms with Crippen molar-refractivity contribution in [1.29, 1.82) is 0 Å². The second-order valence-corrected chi connectivity index (χ2v) is 3.68. The number of rotatable bonds is 3. The molecule has 0 saturated carbocycles. The molecule has 0 bridgehead atoms. The maximum Gasteiger partial charge on any atom is 0.323 e. The molecule has 86 valence electrons. The van der Waals surface area contributed by atoms with E-state index in [9.17, 15) is 9.59 Å². The zero-order chi connectivity index (χ0) is 12.3. The van der Waals surface area contributed by atoms with Gasteiger partial charge < -0.3 is 9.97 Å². The van der Waals surface area contributed by atoms with Crippen molar-refractivity contribution in [2.75, 3.05) is 0 Å². The molecule has 0 unspecified atom stereocenters. The normalized spacial score (nSPS) is 10.9. The van der Waals surface area contributed by atoms with Gasteiger partial charge in [0.05, 0.1) is 5.69 Å². The fourth-order valence-corrected chi connectivity index (χ4v) is 1.51. The lowest BCUT2D eigenvalue weighted by Gasteiger charge is -1.93. The SMILES string of the molecule is Cc1[nH]c(=O)[nH]c1C=CC(=O)c1ccccc1. The standard InChI is InChI=1S/C13H12N2O2/c1-9-11(15-13(17)14-9)7-8-12(16)10-5-3-2-4-6-10/h2-8H,1H3,(H2,14,15,17). The highest BCUT2D eigenvalue weighted by Gasteiger charge is 2.01. The molecule has 4 heteroatoms. The molecule has 0 saturated heterocycles. The molecular formula is C13H12N2O2. The first-order chi connectivity index (χ1) is 8.16. The molecule has 2 aromatic rings. The van der Waals surface area contributed by atoms with E-state index in [4.69, 9.17) is 0 Å². The molecule has 4 nitrogen and oxygen atoms in total. The molecule has 0 atom stereocenters. The van der Waals surface area contributed by atoms with Crippen molar-refractivity contribution in [1.82, 2.24) is 9.97 Å². The average molecular weight is 228 g/mol. The van der Waals surface area contributed by atoms with Gasteiger partial charge in [-0.15, -0.1) is 0 Å². The minimum atomic E-state index is -0.269. The molecule has 0 amide bonds. The van der Waals surface area contributed by atoms with Gasteiger partial charge in [0.1, 0.15) is 0 Å². The van der Waals surface area contributed by atoms with E-state index in [1.54, 1.807) is 25.1 Å². The largest absolute Gasteiger partial charge is 0.323 e. The highest BCUT2D eigenvalue weighted by molar-refractivity contribution is 6.06. The molecule has 17 heavy (non-hydrogen) atoms. The van der Waals surface area contributed by atoms with E-state index in [0.29, 0.717) is 17.0 Å². The minimum absolute atomic E-state index is 0.0907. The van der Waals surface area contributed by atoms with Gasteiger partial charge in [0.2, 0.25) is 0 Å². The van der Waals surface area contributed by atoms with Crippen molar-refractivity contribution in [3.8, 4) is 0 Å². The van der Waals surface area contributed by atoms with Crippen molar-refractivity contribution < 1.29 is 4.79 Å². The fourth-order valence-electron chi connectivity index (χ4n) is 1.51. The van der Waals surface area contributed by atoms with Gasteiger partial charge in [-0.3, -0.25) is 4.79 Å². The van der Waals surface area contributed by atoms with E-state index in [2.05, 4.69) is 9.97 Å². The second kappa shape index (κ2) is 4.65. The van der Waals surface area contributed by atoms with Crippen LogP contribution in [-0.4, -0.2) is 15.8 Å². The number of allylic oxidation sites excluding steroid dienone is 1. The topological polar surface area (TPSA) is 65.7 Å². The second-order valence-electron chi connectivity index (χ2n) is 3.68. The summed E-state index contributed by atoms with van der Waals surface area (Å²) in [5, 5.41) is 0. The maximum absolute atomic E-state index is 11.7. The summed E-state index contributed by atoms with van der Waals surface area (Å²) in [6.45, 7) is 1.77. The zero-order valence-electron chi connectivity index (χ0n) is 9.36. The molecule has 1 heterocycles. The number of aromatic amines is 2. The molecule has 0 spiro atoms. The van der Waals surface area contributed by atoms with E-state index in [-0.39, 0.29) is 11.5 Å². The number of H-pyrrole nitrogens is 2. The van der Waals surface area contributed by atoms with Gasteiger partial charge in [-0.1, -0.05) is 30.3 Å². The van der Waals surface area contributed by atoms with Crippen LogP contribution in [0.3, 0.4) is 0 Å². The number of ketones is 1. The highest BCUT2D eigenvalue weighted by Crippen LogP contribution is 2.04. The van der Waals surface area contributed by atoms with Crippen LogP contribution in [0.25, 0.3) is 6.08 Å². The monoisotopic (exact) mass is 228 g/mol. The molecular weight excluding hydrogens is 216 g/mol. The molecule has 1 aromatic heterocycles. The van der Waals surface area contributed by atoms with Crippen molar-refractivity contribution in [2.24, 2.45) is 0 Å². The average Bonchev–Trinajstić information content (AvgIpc) is 2.66. The van der Waals surface area contributed by atoms with Crippen molar-refractivity contribution in [2.45, 2.75) is 6.92 Å². The van der Waals surface area contributed by atoms with Crippen LogP contribution in [0.5, 0.6) is 0 Å². The lowest BCUT2D eigenvalue weighted by Crippen LogP contribution is -2.00. The summed E-state index contributed by atoms with van der Waals surface area (Å²) < 4.78 is 0. The molecule has 1 aromatic carbocycles. The van der Waals surface area contributed by atoms with Gasteiger partial charge in [-0.05, 0) is 19.1 Å². The van der Waals surface area contributed by atoms with Crippen LogP contribution in [0, 0.1) is 6.92 Å². The molecule has 2 N–H and O–H groups in total. The number of hydrogen-bond donors (Lipinski definition) is 2. The Morgan fingerprint density at radius 2 is 1.88 bits per heavy atom. The first-order valence-electron chi connectivity index (χ1n) is 5.23. The van der Waals surface area contributed by atoms with Crippen molar-refractivity contribution in [3.05, 3.63) is 63.8 Å². The number of aryl methyl sites for hydroxylation is 1. The van der Waals surface area contributed by atoms with Crippen LogP contribution in [0.4, 0.5) is 0 Å². The summed E-state index contributed by atoms with van der Waals surface area (Å²) in [6, 6.07) is 8.97. The number of nitrogens with one attached hydrogen (secondary N) is 2. The van der Waals surface area contributed by atoms with Gasteiger partial charge in [-0.2, -0.15) is 0 Å². The van der Waals surface area contributed by atoms with Gasteiger partial charge in [0.25, 0.3) is 0 Å². The number of carbonyl (C=O) groups is 1. The Hall–Kier alpha value is -2.36. The Kier molecular flexibility index (Phi) is 3.05. The third-order valence-corrected chi connectivity index (χ3v) is 2.41. The van der Waals surface area contributed by atoms with E-state index in [1.807, 2.05) is 18.2 Å². The van der Waals surface area contributed by atoms with Gasteiger partial charge in [-0.25, -0.2) is 4.79 Å². The third kappa shape index (κ3) is 2.60. The summed E-state index contributed by atoms with van der Waals surface area (Å²) in [4.78, 5) is 27.9. The summed E-state index contributed by atoms with van der Waals surface area (Å²) in [5.74, 6) is -0.0907. The molecule has 0 aliphatic carbocycles. The van der Waals surface area contributed by atoms with Gasteiger partial charge in [0, 0.05) is 11.3 Å². The van der Waals surface area contributed by atoms with E-state index in [1.165, 1.54) is 6.08 Å². The lowest BCUT2D eigenvalue weighted by molar-refractivity contribution is 0.104. The number of aromatic nitrogens is 2. The Morgan fingerprint density at radius 3 is 2.47 bits per heavy atom. The maximum atomic E-state index is 11.7. The van der Waals surface area contributed by atoms with Crippen LogP contribution < -0.4 is 5.69 Å². The Balaban J connectivity index is 2.20. The van der Waals surface area contributed by atoms with Crippen LogP contribution in [0.2, 0.25) is 0 Å². The predicted molar refractivity (Wildman–Crippen MR) is 66.0 cm³/mol. The van der Waals surface area contributed by atoms with E-state index < -0.39 is 0 Å². The molecule has 2 rings (SSSR count). The van der Waals surface area contributed by atoms with Crippen molar-refractivity contribution >= 4 is 11.9 Å².